The zero-order valence-corrected chi connectivity index (χ0v) is 12.2. The predicted molar refractivity (Wildman–Crippen MR) is 82.2 cm³/mol. The molecule has 88 valence electrons. The monoisotopic (exact) mass is 365 g/mol. The van der Waals surface area contributed by atoms with Crippen LogP contribution in [-0.2, 0) is 0 Å². The van der Waals surface area contributed by atoms with Gasteiger partial charge in [-0.2, -0.15) is 0 Å². The third kappa shape index (κ3) is 2.06. The molecule has 0 bridgehead atoms. The summed E-state index contributed by atoms with van der Waals surface area (Å²) in [5.41, 5.74) is 2.32. The smallest absolute Gasteiger partial charge is 0.194 e. The van der Waals surface area contributed by atoms with Crippen molar-refractivity contribution in [2.75, 3.05) is 0 Å². The minimum Gasteiger partial charge on any atom is -0.289 e. The van der Waals surface area contributed by atoms with E-state index in [0.29, 0.717) is 0 Å². The number of carbonyl (C=O) groups is 1. The van der Waals surface area contributed by atoms with Gasteiger partial charge in [0.2, 0.25) is 0 Å². The van der Waals surface area contributed by atoms with E-state index in [1.807, 2.05) is 41.8 Å². The van der Waals surface area contributed by atoms with Crippen LogP contribution in [0.4, 0.5) is 0 Å². The van der Waals surface area contributed by atoms with Gasteiger partial charge in [-0.25, -0.2) is 0 Å². The average Bonchev–Trinajstić information content (AvgIpc) is 2.84. The molecule has 4 heteroatoms. The first-order valence-electron chi connectivity index (χ1n) is 5.38. The first-order chi connectivity index (χ1) is 8.75. The van der Waals surface area contributed by atoms with E-state index in [1.165, 1.54) is 0 Å². The number of carbonyl (C=O) groups excluding carboxylic acids is 1. The van der Waals surface area contributed by atoms with Crippen LogP contribution in [0.25, 0.3) is 10.9 Å². The summed E-state index contributed by atoms with van der Waals surface area (Å²) < 4.78 is 1.12. The molecule has 0 aliphatic rings. The van der Waals surface area contributed by atoms with Crippen molar-refractivity contribution in [2.24, 2.45) is 0 Å². The topological polar surface area (TPSA) is 30.0 Å². The number of fused-ring (bicyclic) bond motifs is 1. The molecule has 3 rings (SSSR count). The second kappa shape index (κ2) is 4.78. The van der Waals surface area contributed by atoms with Crippen LogP contribution < -0.4 is 0 Å². The number of halogens is 1. The maximum Gasteiger partial charge on any atom is 0.194 e. The Labute approximate surface area is 122 Å². The molecule has 0 N–H and O–H groups in total. The van der Waals surface area contributed by atoms with Crippen molar-refractivity contribution >= 4 is 50.6 Å². The van der Waals surface area contributed by atoms with Crippen molar-refractivity contribution < 1.29 is 4.79 Å². The minimum absolute atomic E-state index is 0.0627. The van der Waals surface area contributed by atoms with E-state index in [9.17, 15) is 4.79 Å². The minimum atomic E-state index is 0.0627. The molecule has 0 aliphatic heterocycles. The summed E-state index contributed by atoms with van der Waals surface area (Å²) in [7, 11) is 0. The van der Waals surface area contributed by atoms with Crippen LogP contribution in [0.3, 0.4) is 0 Å². The Kier molecular flexibility index (Phi) is 3.13. The number of nitrogens with zero attached hydrogens (tertiary/aromatic N) is 1. The zero-order valence-electron chi connectivity index (χ0n) is 9.26. The SMILES string of the molecule is O=C(c1csc(I)c1)c1cccc2ncccc12. The molecule has 0 unspecified atom stereocenters. The number of rotatable bonds is 2. The Morgan fingerprint density at radius 1 is 1.22 bits per heavy atom. The van der Waals surface area contributed by atoms with E-state index < -0.39 is 0 Å². The Hall–Kier alpha value is -1.27. The van der Waals surface area contributed by atoms with Crippen molar-refractivity contribution in [2.45, 2.75) is 0 Å². The van der Waals surface area contributed by atoms with Gasteiger partial charge in [0, 0.05) is 28.1 Å². The number of hydrogen-bond acceptors (Lipinski definition) is 3. The lowest BCUT2D eigenvalue weighted by Gasteiger charge is -2.03. The fourth-order valence-electron chi connectivity index (χ4n) is 1.89. The van der Waals surface area contributed by atoms with Crippen LogP contribution in [0.2, 0.25) is 0 Å². The highest BCUT2D eigenvalue weighted by Gasteiger charge is 2.13. The lowest BCUT2D eigenvalue weighted by molar-refractivity contribution is 0.104. The summed E-state index contributed by atoms with van der Waals surface area (Å²) in [6, 6.07) is 11.4. The molecule has 18 heavy (non-hydrogen) atoms. The van der Waals surface area contributed by atoms with E-state index in [-0.39, 0.29) is 5.78 Å². The highest BCUT2D eigenvalue weighted by atomic mass is 127. The third-order valence-corrected chi connectivity index (χ3v) is 4.51. The Morgan fingerprint density at radius 2 is 2.11 bits per heavy atom. The summed E-state index contributed by atoms with van der Waals surface area (Å²) >= 11 is 3.81. The quantitative estimate of drug-likeness (QED) is 0.505. The zero-order chi connectivity index (χ0) is 12.5. The molecule has 3 aromatic rings. The molecule has 0 atom stereocenters. The summed E-state index contributed by atoms with van der Waals surface area (Å²) in [6.45, 7) is 0. The van der Waals surface area contributed by atoms with Crippen LogP contribution in [0.5, 0.6) is 0 Å². The molecule has 0 fully saturated rings. The molecule has 0 saturated carbocycles. The Bertz CT molecular complexity index is 730. The number of benzene rings is 1. The molecule has 2 nitrogen and oxygen atoms in total. The van der Waals surface area contributed by atoms with E-state index >= 15 is 0 Å². The molecule has 2 heterocycles. The Morgan fingerprint density at radius 3 is 2.89 bits per heavy atom. The van der Waals surface area contributed by atoms with E-state index in [4.69, 9.17) is 0 Å². The maximum atomic E-state index is 12.4. The van der Waals surface area contributed by atoms with Crippen molar-refractivity contribution in [3.05, 3.63) is 62.0 Å². The van der Waals surface area contributed by atoms with Gasteiger partial charge in [0.05, 0.1) is 8.40 Å². The molecule has 0 amide bonds. The van der Waals surface area contributed by atoms with Gasteiger partial charge in [-0.15, -0.1) is 11.3 Å². The van der Waals surface area contributed by atoms with Gasteiger partial charge < -0.3 is 0 Å². The lowest BCUT2D eigenvalue weighted by atomic mass is 10.0. The lowest BCUT2D eigenvalue weighted by Crippen LogP contribution is -2.00. The number of thiophene rings is 1. The molecule has 2 aromatic heterocycles. The van der Waals surface area contributed by atoms with Crippen LogP contribution in [0.1, 0.15) is 15.9 Å². The summed E-state index contributed by atoms with van der Waals surface area (Å²) in [5, 5.41) is 2.81. The van der Waals surface area contributed by atoms with Crippen molar-refractivity contribution in [3.8, 4) is 0 Å². The standard InChI is InChI=1S/C14H8INOS/c15-13-7-9(8-18-13)14(17)11-3-1-5-12-10(11)4-2-6-16-12/h1-8H. The van der Waals surface area contributed by atoms with Gasteiger partial charge in [0.15, 0.2) is 5.78 Å². The predicted octanol–water partition coefficient (Wildman–Crippen LogP) is 4.13. The highest BCUT2D eigenvalue weighted by Crippen LogP contribution is 2.23. The van der Waals surface area contributed by atoms with Gasteiger partial charge in [-0.3, -0.25) is 9.78 Å². The van der Waals surface area contributed by atoms with Crippen LogP contribution in [0.15, 0.2) is 48.0 Å². The van der Waals surface area contributed by atoms with Crippen LogP contribution in [-0.4, -0.2) is 10.8 Å². The average molecular weight is 365 g/mol. The van der Waals surface area contributed by atoms with Crippen molar-refractivity contribution in [1.82, 2.24) is 4.98 Å². The van der Waals surface area contributed by atoms with Gasteiger partial charge >= 0.3 is 0 Å². The number of hydrogen-bond donors (Lipinski definition) is 0. The molecular weight excluding hydrogens is 357 g/mol. The summed E-state index contributed by atoms with van der Waals surface area (Å²) in [4.78, 5) is 16.7. The second-order valence-electron chi connectivity index (χ2n) is 3.84. The van der Waals surface area contributed by atoms with E-state index in [0.717, 1.165) is 24.9 Å². The van der Waals surface area contributed by atoms with E-state index in [2.05, 4.69) is 27.6 Å². The van der Waals surface area contributed by atoms with Crippen molar-refractivity contribution in [3.63, 3.8) is 0 Å². The van der Waals surface area contributed by atoms with E-state index in [1.54, 1.807) is 17.5 Å². The van der Waals surface area contributed by atoms with Gasteiger partial charge in [0.1, 0.15) is 0 Å². The van der Waals surface area contributed by atoms with Crippen LogP contribution >= 0.6 is 33.9 Å². The Balaban J connectivity index is 2.17. The fraction of sp³-hybridized carbons (Fsp3) is 0. The molecule has 0 spiro atoms. The first kappa shape index (κ1) is 11.8. The molecule has 1 aromatic carbocycles. The van der Waals surface area contributed by atoms with Gasteiger partial charge in [-0.05, 0) is 40.8 Å². The summed E-state index contributed by atoms with van der Waals surface area (Å²) in [5.74, 6) is 0.0627. The molecule has 0 aliphatic carbocycles. The normalized spacial score (nSPS) is 10.7. The fourth-order valence-corrected chi connectivity index (χ4v) is 3.21. The molecule has 0 radical (unpaired) electrons. The largest absolute Gasteiger partial charge is 0.289 e. The van der Waals surface area contributed by atoms with Crippen molar-refractivity contribution in [1.29, 1.82) is 0 Å². The third-order valence-electron chi connectivity index (χ3n) is 2.72. The molecular formula is C14H8INOS. The van der Waals surface area contributed by atoms with Crippen LogP contribution in [0, 0.1) is 2.88 Å². The van der Waals surface area contributed by atoms with Gasteiger partial charge in [0.25, 0.3) is 0 Å². The molecule has 0 saturated heterocycles. The number of ketones is 1. The second-order valence-corrected chi connectivity index (χ2v) is 6.65. The number of aromatic nitrogens is 1. The maximum absolute atomic E-state index is 12.4. The number of pyridine rings is 1. The summed E-state index contributed by atoms with van der Waals surface area (Å²) in [6.07, 6.45) is 1.74. The highest BCUT2D eigenvalue weighted by molar-refractivity contribution is 14.1. The van der Waals surface area contributed by atoms with Gasteiger partial charge in [-0.1, -0.05) is 18.2 Å². The first-order valence-corrected chi connectivity index (χ1v) is 7.34.